The second-order valence-corrected chi connectivity index (χ2v) is 9.56. The quantitative estimate of drug-likeness (QED) is 0.628. The summed E-state index contributed by atoms with van der Waals surface area (Å²) in [6.45, 7) is 5.74. The Labute approximate surface area is 177 Å². The molecule has 1 amide bonds. The number of nitrogens with one attached hydrogen (secondary N) is 1. The lowest BCUT2D eigenvalue weighted by Crippen LogP contribution is -2.40. The van der Waals surface area contributed by atoms with Crippen LogP contribution in [0.4, 0.5) is 0 Å². The summed E-state index contributed by atoms with van der Waals surface area (Å²) in [4.78, 5) is 23.9. The summed E-state index contributed by atoms with van der Waals surface area (Å²) >= 11 is 0. The zero-order valence-electron chi connectivity index (χ0n) is 17.5. The Morgan fingerprint density at radius 3 is 2.03 bits per heavy atom. The molecule has 2 rings (SSSR count). The van der Waals surface area contributed by atoms with E-state index in [2.05, 4.69) is 5.32 Å². The maximum Gasteiger partial charge on any atom is 0.335 e. The van der Waals surface area contributed by atoms with Gasteiger partial charge < -0.3 is 15.2 Å². The number of amides is 1. The molecule has 0 saturated heterocycles. The Morgan fingerprint density at radius 1 is 1.00 bits per heavy atom. The van der Waals surface area contributed by atoms with Gasteiger partial charge in [0.2, 0.25) is 5.91 Å². The normalized spacial score (nSPS) is 13.6. The molecule has 0 fully saturated rings. The van der Waals surface area contributed by atoms with Crippen molar-refractivity contribution in [3.8, 4) is 0 Å². The molecule has 0 heterocycles. The average molecular weight is 434 g/mol. The van der Waals surface area contributed by atoms with Crippen LogP contribution in [0.1, 0.15) is 48.3 Å². The van der Waals surface area contributed by atoms with Crippen molar-refractivity contribution in [3.63, 3.8) is 0 Å². The molecule has 2 N–H and O–H groups in total. The molecule has 2 atom stereocenters. The van der Waals surface area contributed by atoms with E-state index in [1.807, 2.05) is 20.8 Å². The highest BCUT2D eigenvalue weighted by atomic mass is 32.2. The molecule has 0 spiro atoms. The molecule has 162 valence electrons. The van der Waals surface area contributed by atoms with Crippen LogP contribution in [0, 0.1) is 5.92 Å². The van der Waals surface area contributed by atoms with Crippen molar-refractivity contribution in [1.29, 1.82) is 0 Å². The predicted molar refractivity (Wildman–Crippen MR) is 113 cm³/mol. The molecule has 7 nitrogen and oxygen atoms in total. The number of carboxylic acids is 1. The molecule has 0 aromatic heterocycles. The van der Waals surface area contributed by atoms with Gasteiger partial charge in [0.05, 0.1) is 23.1 Å². The molecule has 0 aliphatic carbocycles. The van der Waals surface area contributed by atoms with Crippen LogP contribution in [-0.2, 0) is 26.0 Å². The topological polar surface area (TPSA) is 110 Å². The highest BCUT2D eigenvalue weighted by molar-refractivity contribution is 7.90. The third kappa shape index (κ3) is 6.40. The van der Waals surface area contributed by atoms with Crippen molar-refractivity contribution in [2.45, 2.75) is 44.4 Å². The smallest absolute Gasteiger partial charge is 0.335 e. The monoisotopic (exact) mass is 433 g/mol. The zero-order chi connectivity index (χ0) is 22.5. The molecule has 0 saturated carbocycles. The molecular formula is C22H27NO6S. The minimum absolute atomic E-state index is 0.0816. The number of benzene rings is 2. The van der Waals surface area contributed by atoms with E-state index in [0.717, 1.165) is 17.4 Å². The van der Waals surface area contributed by atoms with Gasteiger partial charge >= 0.3 is 5.97 Å². The predicted octanol–water partition coefficient (Wildman–Crippen LogP) is 3.21. The van der Waals surface area contributed by atoms with Crippen LogP contribution >= 0.6 is 0 Å². The molecule has 0 radical (unpaired) electrons. The second-order valence-electron chi connectivity index (χ2n) is 7.55. The summed E-state index contributed by atoms with van der Waals surface area (Å²) < 4.78 is 28.9. The van der Waals surface area contributed by atoms with Crippen LogP contribution in [0.2, 0.25) is 0 Å². The fourth-order valence-corrected chi connectivity index (χ4v) is 3.51. The van der Waals surface area contributed by atoms with Gasteiger partial charge in [-0.05, 0) is 48.2 Å². The summed E-state index contributed by atoms with van der Waals surface area (Å²) in [5.74, 6) is -1.36. The van der Waals surface area contributed by atoms with Gasteiger partial charge in [-0.1, -0.05) is 38.1 Å². The third-order valence-corrected chi connectivity index (χ3v) is 5.79. The molecule has 0 bridgehead atoms. The van der Waals surface area contributed by atoms with Crippen LogP contribution in [0.25, 0.3) is 0 Å². The van der Waals surface area contributed by atoms with Crippen molar-refractivity contribution in [2.75, 3.05) is 6.26 Å². The zero-order valence-corrected chi connectivity index (χ0v) is 18.3. The Bertz CT molecular complexity index is 981. The van der Waals surface area contributed by atoms with Crippen LogP contribution < -0.4 is 5.32 Å². The minimum Gasteiger partial charge on any atom is -0.478 e. The van der Waals surface area contributed by atoms with Crippen LogP contribution in [0.3, 0.4) is 0 Å². The van der Waals surface area contributed by atoms with Gasteiger partial charge in [-0.2, -0.15) is 0 Å². The number of sulfone groups is 1. The second kappa shape index (κ2) is 9.86. The highest BCUT2D eigenvalue weighted by Crippen LogP contribution is 2.17. The first-order chi connectivity index (χ1) is 14.0. The summed E-state index contributed by atoms with van der Waals surface area (Å²) in [5, 5.41) is 11.9. The number of hydrogen-bond acceptors (Lipinski definition) is 5. The lowest BCUT2D eigenvalue weighted by Gasteiger charge is -2.23. The first-order valence-corrected chi connectivity index (χ1v) is 11.4. The lowest BCUT2D eigenvalue weighted by molar-refractivity contribution is -0.137. The van der Waals surface area contributed by atoms with Crippen molar-refractivity contribution in [1.82, 2.24) is 5.32 Å². The van der Waals surface area contributed by atoms with E-state index in [0.29, 0.717) is 0 Å². The highest BCUT2D eigenvalue weighted by Gasteiger charge is 2.25. The molecular weight excluding hydrogens is 406 g/mol. The van der Waals surface area contributed by atoms with Crippen molar-refractivity contribution >= 4 is 21.7 Å². The number of carbonyl (C=O) groups is 2. The van der Waals surface area contributed by atoms with E-state index in [1.54, 1.807) is 24.3 Å². The molecule has 0 aliphatic heterocycles. The maximum atomic E-state index is 12.7. The largest absolute Gasteiger partial charge is 0.478 e. The van der Waals surface area contributed by atoms with Gasteiger partial charge in [0.15, 0.2) is 9.84 Å². The standard InChI is InChI=1S/C22H27NO6S/c1-14(2)20(29-13-16-5-11-19(12-6-16)30(4,27)28)21(24)23-15(3)17-7-9-18(10-8-17)22(25)26/h5-12,14-15,20H,13H2,1-4H3,(H,23,24)(H,25,26)/t15-,20+/m0/s1. The third-order valence-electron chi connectivity index (χ3n) is 4.66. The summed E-state index contributed by atoms with van der Waals surface area (Å²) in [7, 11) is -3.26. The number of carboxylic acid groups (broad SMARTS) is 1. The van der Waals surface area contributed by atoms with E-state index in [-0.39, 0.29) is 34.9 Å². The number of hydrogen-bond donors (Lipinski definition) is 2. The van der Waals surface area contributed by atoms with Gasteiger partial charge in [-0.25, -0.2) is 13.2 Å². The van der Waals surface area contributed by atoms with Crippen LogP contribution in [-0.4, -0.2) is 37.8 Å². The van der Waals surface area contributed by atoms with E-state index < -0.39 is 21.9 Å². The SMILES string of the molecule is CC(C)[C@@H](OCc1ccc(S(C)(=O)=O)cc1)C(=O)N[C@@H](C)c1ccc(C(=O)O)cc1. The van der Waals surface area contributed by atoms with Crippen molar-refractivity contribution in [2.24, 2.45) is 5.92 Å². The Morgan fingerprint density at radius 2 is 1.57 bits per heavy atom. The number of aromatic carboxylic acids is 1. The minimum atomic E-state index is -3.26. The lowest BCUT2D eigenvalue weighted by atomic mass is 10.0. The van der Waals surface area contributed by atoms with Gasteiger partial charge in [-0.15, -0.1) is 0 Å². The Hall–Kier alpha value is -2.71. The summed E-state index contributed by atoms with van der Waals surface area (Å²) in [5.41, 5.74) is 1.73. The average Bonchev–Trinajstić information content (AvgIpc) is 2.67. The number of carbonyl (C=O) groups excluding carboxylic acids is 1. The summed E-state index contributed by atoms with van der Waals surface area (Å²) in [6.07, 6.45) is 0.453. The fourth-order valence-electron chi connectivity index (χ4n) is 2.88. The molecule has 2 aromatic carbocycles. The first-order valence-electron chi connectivity index (χ1n) is 9.53. The fraction of sp³-hybridized carbons (Fsp3) is 0.364. The summed E-state index contributed by atoms with van der Waals surface area (Å²) in [6, 6.07) is 12.4. The van der Waals surface area contributed by atoms with E-state index in [1.165, 1.54) is 24.3 Å². The first kappa shape index (κ1) is 23.6. The van der Waals surface area contributed by atoms with E-state index in [4.69, 9.17) is 9.84 Å². The van der Waals surface area contributed by atoms with Crippen LogP contribution in [0.5, 0.6) is 0 Å². The van der Waals surface area contributed by atoms with Gasteiger partial charge in [0, 0.05) is 6.26 Å². The number of ether oxygens (including phenoxy) is 1. The maximum absolute atomic E-state index is 12.7. The van der Waals surface area contributed by atoms with Crippen LogP contribution in [0.15, 0.2) is 53.4 Å². The number of rotatable bonds is 9. The molecule has 0 aliphatic rings. The van der Waals surface area contributed by atoms with Gasteiger partial charge in [-0.3, -0.25) is 4.79 Å². The van der Waals surface area contributed by atoms with Gasteiger partial charge in [0.1, 0.15) is 6.10 Å². The Kier molecular flexibility index (Phi) is 7.75. The molecule has 30 heavy (non-hydrogen) atoms. The Balaban J connectivity index is 2.01. The van der Waals surface area contributed by atoms with Crippen molar-refractivity contribution in [3.05, 3.63) is 65.2 Å². The molecule has 2 aromatic rings. The van der Waals surface area contributed by atoms with Crippen molar-refractivity contribution < 1.29 is 27.9 Å². The van der Waals surface area contributed by atoms with E-state index >= 15 is 0 Å². The molecule has 0 unspecified atom stereocenters. The van der Waals surface area contributed by atoms with Gasteiger partial charge in [0.25, 0.3) is 0 Å². The molecule has 8 heteroatoms. The van der Waals surface area contributed by atoms with E-state index in [9.17, 15) is 18.0 Å².